The van der Waals surface area contributed by atoms with Crippen molar-refractivity contribution in [2.24, 2.45) is 5.84 Å². The van der Waals surface area contributed by atoms with E-state index in [9.17, 15) is 0 Å². The molecule has 0 saturated carbocycles. The first kappa shape index (κ1) is 13.0. The second-order valence-corrected chi connectivity index (χ2v) is 5.14. The smallest absolute Gasteiger partial charge is 0.0710 e. The van der Waals surface area contributed by atoms with E-state index >= 15 is 0 Å². The van der Waals surface area contributed by atoms with Crippen LogP contribution in [0.5, 0.6) is 0 Å². The quantitative estimate of drug-likeness (QED) is 0.642. The van der Waals surface area contributed by atoms with Crippen LogP contribution in [0.2, 0.25) is 0 Å². The molecular formula is C11H19BrN4O. The Morgan fingerprint density at radius 3 is 3.18 bits per heavy atom. The highest BCUT2D eigenvalue weighted by Gasteiger charge is 2.25. The fourth-order valence-corrected chi connectivity index (χ4v) is 2.89. The van der Waals surface area contributed by atoms with Gasteiger partial charge < -0.3 is 4.74 Å². The zero-order valence-corrected chi connectivity index (χ0v) is 11.6. The molecule has 17 heavy (non-hydrogen) atoms. The number of aromatic nitrogens is 2. The van der Waals surface area contributed by atoms with Gasteiger partial charge in [0.15, 0.2) is 0 Å². The van der Waals surface area contributed by atoms with Crippen LogP contribution in [-0.2, 0) is 11.3 Å². The lowest BCUT2D eigenvalue weighted by Crippen LogP contribution is -2.32. The molecule has 2 rings (SSSR count). The van der Waals surface area contributed by atoms with Crippen molar-refractivity contribution in [2.45, 2.75) is 44.9 Å². The Morgan fingerprint density at radius 1 is 1.76 bits per heavy atom. The van der Waals surface area contributed by atoms with E-state index in [1.54, 1.807) is 0 Å². The predicted molar refractivity (Wildman–Crippen MR) is 69.3 cm³/mol. The minimum absolute atomic E-state index is 0.0786. The minimum atomic E-state index is 0.0786. The fraction of sp³-hybridized carbons (Fsp3) is 0.727. The third kappa shape index (κ3) is 2.88. The molecule has 6 heteroatoms. The molecular weight excluding hydrogens is 284 g/mol. The Hall–Kier alpha value is -0.430. The molecule has 0 amide bonds. The van der Waals surface area contributed by atoms with Gasteiger partial charge in [0.1, 0.15) is 0 Å². The van der Waals surface area contributed by atoms with Crippen molar-refractivity contribution in [1.29, 1.82) is 0 Å². The molecule has 0 radical (unpaired) electrons. The normalized spacial score (nSPS) is 21.9. The Balaban J connectivity index is 2.12. The van der Waals surface area contributed by atoms with Crippen LogP contribution in [0.25, 0.3) is 0 Å². The van der Waals surface area contributed by atoms with Gasteiger partial charge in [-0.2, -0.15) is 5.10 Å². The summed E-state index contributed by atoms with van der Waals surface area (Å²) in [6, 6.07) is 0.0786. The van der Waals surface area contributed by atoms with E-state index in [4.69, 9.17) is 10.6 Å². The van der Waals surface area contributed by atoms with E-state index in [0.717, 1.165) is 42.6 Å². The topological polar surface area (TPSA) is 65.1 Å². The average Bonchev–Trinajstić information content (AvgIpc) is 2.95. The first-order valence-electron chi connectivity index (χ1n) is 6.05. The monoisotopic (exact) mass is 302 g/mol. The van der Waals surface area contributed by atoms with Crippen molar-refractivity contribution in [3.8, 4) is 0 Å². The van der Waals surface area contributed by atoms with Gasteiger partial charge in [0.25, 0.3) is 0 Å². The molecule has 5 nitrogen and oxygen atoms in total. The van der Waals surface area contributed by atoms with Crippen molar-refractivity contribution < 1.29 is 4.74 Å². The molecule has 2 atom stereocenters. The van der Waals surface area contributed by atoms with Crippen molar-refractivity contribution >= 4 is 15.9 Å². The van der Waals surface area contributed by atoms with Crippen LogP contribution in [0.15, 0.2) is 10.7 Å². The van der Waals surface area contributed by atoms with Crippen molar-refractivity contribution in [1.82, 2.24) is 15.2 Å². The molecule has 0 aliphatic carbocycles. The number of hydrogen-bond donors (Lipinski definition) is 2. The number of halogens is 1. The van der Waals surface area contributed by atoms with Gasteiger partial charge in [0.2, 0.25) is 0 Å². The van der Waals surface area contributed by atoms with Gasteiger partial charge in [0, 0.05) is 13.2 Å². The molecule has 1 aromatic heterocycles. The van der Waals surface area contributed by atoms with Crippen LogP contribution >= 0.6 is 15.9 Å². The number of ether oxygens (including phenoxy) is 1. The maximum absolute atomic E-state index is 5.67. The second-order valence-electron chi connectivity index (χ2n) is 4.28. The van der Waals surface area contributed by atoms with Crippen molar-refractivity contribution in [2.75, 3.05) is 6.61 Å². The fourth-order valence-electron chi connectivity index (χ4n) is 2.32. The summed E-state index contributed by atoms with van der Waals surface area (Å²) < 4.78 is 8.62. The first-order valence-corrected chi connectivity index (χ1v) is 6.84. The first-order chi connectivity index (χ1) is 8.26. The van der Waals surface area contributed by atoms with Crippen LogP contribution < -0.4 is 11.3 Å². The Bertz CT molecular complexity index is 362. The zero-order chi connectivity index (χ0) is 12.3. The third-order valence-electron chi connectivity index (χ3n) is 3.19. The third-order valence-corrected chi connectivity index (χ3v) is 3.80. The number of aryl methyl sites for hydroxylation is 1. The second kappa shape index (κ2) is 5.95. The molecule has 2 unspecified atom stereocenters. The van der Waals surface area contributed by atoms with Gasteiger partial charge in [-0.3, -0.25) is 16.0 Å². The molecule has 1 aromatic rings. The average molecular weight is 303 g/mol. The zero-order valence-electron chi connectivity index (χ0n) is 10.0. The van der Waals surface area contributed by atoms with Gasteiger partial charge in [-0.05, 0) is 42.1 Å². The van der Waals surface area contributed by atoms with Gasteiger partial charge in [-0.25, -0.2) is 0 Å². The highest BCUT2D eigenvalue weighted by atomic mass is 79.9. The van der Waals surface area contributed by atoms with Crippen molar-refractivity contribution in [3.05, 3.63) is 16.4 Å². The lowest BCUT2D eigenvalue weighted by atomic mass is 10.0. The summed E-state index contributed by atoms with van der Waals surface area (Å²) in [5.74, 6) is 5.67. The molecule has 0 spiro atoms. The van der Waals surface area contributed by atoms with E-state index in [-0.39, 0.29) is 6.04 Å². The summed E-state index contributed by atoms with van der Waals surface area (Å²) in [5, 5.41) is 4.31. The lowest BCUT2D eigenvalue weighted by Gasteiger charge is -2.21. The Morgan fingerprint density at radius 2 is 2.59 bits per heavy atom. The predicted octanol–water partition coefficient (Wildman–Crippen LogP) is 1.74. The summed E-state index contributed by atoms with van der Waals surface area (Å²) in [7, 11) is 0. The standard InChI is InChI=1S/C11H19BrN4O/c1-2-16-11(9(12)7-14-16)10(15-13)6-8-4-3-5-17-8/h7-8,10,15H,2-6,13H2,1H3. The largest absolute Gasteiger partial charge is 0.378 e. The highest BCUT2D eigenvalue weighted by Crippen LogP contribution is 2.29. The van der Waals surface area contributed by atoms with Crippen LogP contribution in [-0.4, -0.2) is 22.5 Å². The van der Waals surface area contributed by atoms with Crippen LogP contribution in [0.1, 0.15) is 37.9 Å². The van der Waals surface area contributed by atoms with Gasteiger partial charge in [0.05, 0.1) is 28.5 Å². The molecule has 3 N–H and O–H groups in total. The van der Waals surface area contributed by atoms with Gasteiger partial charge >= 0.3 is 0 Å². The number of hydrogen-bond acceptors (Lipinski definition) is 4. The molecule has 1 aliphatic heterocycles. The molecule has 96 valence electrons. The molecule has 2 heterocycles. The van der Waals surface area contributed by atoms with Crippen molar-refractivity contribution in [3.63, 3.8) is 0 Å². The summed E-state index contributed by atoms with van der Waals surface area (Å²) in [5.41, 5.74) is 3.98. The number of rotatable bonds is 5. The summed E-state index contributed by atoms with van der Waals surface area (Å²) >= 11 is 3.53. The molecule has 1 fully saturated rings. The SMILES string of the molecule is CCn1ncc(Br)c1C(CC1CCCO1)NN. The van der Waals surface area contributed by atoms with Crippen LogP contribution in [0, 0.1) is 0 Å². The molecule has 0 aromatic carbocycles. The summed E-state index contributed by atoms with van der Waals surface area (Å²) in [6.45, 7) is 3.78. The number of nitrogens with zero attached hydrogens (tertiary/aromatic N) is 2. The summed E-state index contributed by atoms with van der Waals surface area (Å²) in [6.07, 6.45) is 5.29. The van der Waals surface area contributed by atoms with Gasteiger partial charge in [-0.1, -0.05) is 0 Å². The summed E-state index contributed by atoms with van der Waals surface area (Å²) in [4.78, 5) is 0. The van der Waals surface area contributed by atoms with Crippen LogP contribution in [0.3, 0.4) is 0 Å². The molecule has 0 bridgehead atoms. The van der Waals surface area contributed by atoms with E-state index in [1.807, 2.05) is 10.9 Å². The van der Waals surface area contributed by atoms with E-state index < -0.39 is 0 Å². The van der Waals surface area contributed by atoms with E-state index in [2.05, 4.69) is 33.4 Å². The molecule has 1 saturated heterocycles. The Kier molecular flexibility index (Phi) is 4.55. The maximum atomic E-state index is 5.67. The number of nitrogens with two attached hydrogens (primary N) is 1. The van der Waals surface area contributed by atoms with Gasteiger partial charge in [-0.15, -0.1) is 0 Å². The highest BCUT2D eigenvalue weighted by molar-refractivity contribution is 9.10. The molecule has 1 aliphatic rings. The lowest BCUT2D eigenvalue weighted by molar-refractivity contribution is 0.0935. The van der Waals surface area contributed by atoms with E-state index in [1.165, 1.54) is 0 Å². The van der Waals surface area contributed by atoms with E-state index in [0.29, 0.717) is 6.10 Å². The van der Waals surface area contributed by atoms with Crippen LogP contribution in [0.4, 0.5) is 0 Å². The number of hydrazine groups is 1. The maximum Gasteiger partial charge on any atom is 0.0710 e. The number of nitrogens with one attached hydrogen (secondary N) is 1. The Labute approximate surface area is 110 Å². The minimum Gasteiger partial charge on any atom is -0.378 e.